The first-order chi connectivity index (χ1) is 12.0. The lowest BCUT2D eigenvalue weighted by Gasteiger charge is -2.22. The van der Waals surface area contributed by atoms with Crippen LogP contribution >= 0.6 is 0 Å². The summed E-state index contributed by atoms with van der Waals surface area (Å²) in [6.07, 6.45) is 0.106. The summed E-state index contributed by atoms with van der Waals surface area (Å²) in [7, 11) is 0. The van der Waals surface area contributed by atoms with Gasteiger partial charge in [-0.05, 0) is 18.4 Å². The van der Waals surface area contributed by atoms with E-state index in [1.54, 1.807) is 0 Å². The van der Waals surface area contributed by atoms with E-state index in [2.05, 4.69) is 5.32 Å². The minimum absolute atomic E-state index is 0.00875. The number of carbonyl (C=O) groups is 2. The molecule has 0 aliphatic carbocycles. The van der Waals surface area contributed by atoms with Crippen LogP contribution in [0, 0.1) is 11.8 Å². The van der Waals surface area contributed by atoms with Crippen molar-refractivity contribution >= 4 is 11.9 Å². The lowest BCUT2D eigenvalue weighted by atomic mass is 9.96. The Morgan fingerprint density at radius 3 is 2.72 bits per heavy atom. The Balaban J connectivity index is 1.61. The van der Waals surface area contributed by atoms with E-state index in [4.69, 9.17) is 14.2 Å². The molecule has 0 saturated carbocycles. The molecule has 0 bridgehead atoms. The summed E-state index contributed by atoms with van der Waals surface area (Å²) in [5.74, 6) is -0.0962. The van der Waals surface area contributed by atoms with Crippen LogP contribution in [-0.4, -0.2) is 43.5 Å². The highest BCUT2D eigenvalue weighted by Gasteiger charge is 2.44. The Labute approximate surface area is 147 Å². The lowest BCUT2D eigenvalue weighted by molar-refractivity contribution is -0.123. The molecular formula is C19H25NO5. The molecule has 2 saturated heterocycles. The van der Waals surface area contributed by atoms with Crippen LogP contribution in [0.25, 0.3) is 0 Å². The number of amides is 1. The van der Waals surface area contributed by atoms with Crippen molar-refractivity contribution in [1.82, 2.24) is 5.32 Å². The van der Waals surface area contributed by atoms with Gasteiger partial charge in [0.2, 0.25) is 0 Å². The SMILES string of the molecule is CC(C)C(=O)[C@H](Cc1ccccc1)NC(=O)O[C@H]1CO[C@H]2OCC[C@H]21. The quantitative estimate of drug-likeness (QED) is 0.855. The van der Waals surface area contributed by atoms with Crippen molar-refractivity contribution in [2.24, 2.45) is 11.8 Å². The highest BCUT2D eigenvalue weighted by atomic mass is 16.7. The summed E-state index contributed by atoms with van der Waals surface area (Å²) >= 11 is 0. The maximum absolute atomic E-state index is 12.5. The van der Waals surface area contributed by atoms with Crippen molar-refractivity contribution in [1.29, 1.82) is 0 Å². The fraction of sp³-hybridized carbons (Fsp3) is 0.579. The van der Waals surface area contributed by atoms with Gasteiger partial charge in [-0.25, -0.2) is 4.79 Å². The number of ketones is 1. The van der Waals surface area contributed by atoms with Crippen molar-refractivity contribution < 1.29 is 23.8 Å². The molecule has 1 amide bonds. The maximum Gasteiger partial charge on any atom is 0.408 e. The van der Waals surface area contributed by atoms with Gasteiger partial charge < -0.3 is 19.5 Å². The third kappa shape index (κ3) is 4.38. The molecule has 2 aliphatic heterocycles. The van der Waals surface area contributed by atoms with Gasteiger partial charge >= 0.3 is 6.09 Å². The molecule has 2 aliphatic rings. The molecule has 0 unspecified atom stereocenters. The van der Waals surface area contributed by atoms with Crippen LogP contribution in [0.15, 0.2) is 30.3 Å². The van der Waals surface area contributed by atoms with Crippen LogP contribution in [-0.2, 0) is 25.4 Å². The summed E-state index contributed by atoms with van der Waals surface area (Å²) < 4.78 is 16.4. The number of hydrogen-bond donors (Lipinski definition) is 1. The van der Waals surface area contributed by atoms with Crippen LogP contribution < -0.4 is 5.32 Å². The maximum atomic E-state index is 12.5. The van der Waals surface area contributed by atoms with E-state index in [0.717, 1.165) is 12.0 Å². The molecule has 1 aromatic carbocycles. The second-order valence-electron chi connectivity index (χ2n) is 6.91. The van der Waals surface area contributed by atoms with Gasteiger partial charge in [0.1, 0.15) is 6.10 Å². The molecule has 0 aromatic heterocycles. The van der Waals surface area contributed by atoms with Crippen LogP contribution in [0.3, 0.4) is 0 Å². The van der Waals surface area contributed by atoms with E-state index in [0.29, 0.717) is 19.6 Å². The van der Waals surface area contributed by atoms with Crippen molar-refractivity contribution in [3.8, 4) is 0 Å². The van der Waals surface area contributed by atoms with Crippen molar-refractivity contribution in [2.45, 2.75) is 45.1 Å². The number of fused-ring (bicyclic) bond motifs is 1. The van der Waals surface area contributed by atoms with E-state index in [-0.39, 0.29) is 30.0 Å². The average molecular weight is 347 g/mol. The Hall–Kier alpha value is -1.92. The first kappa shape index (κ1) is 17.9. The number of nitrogens with one attached hydrogen (secondary N) is 1. The predicted molar refractivity (Wildman–Crippen MR) is 91.0 cm³/mol. The number of benzene rings is 1. The number of carbonyl (C=O) groups excluding carboxylic acids is 2. The van der Waals surface area contributed by atoms with Crippen molar-refractivity contribution in [3.05, 3.63) is 35.9 Å². The molecule has 4 atom stereocenters. The van der Waals surface area contributed by atoms with E-state index < -0.39 is 12.1 Å². The largest absolute Gasteiger partial charge is 0.443 e. The van der Waals surface area contributed by atoms with Crippen LogP contribution in [0.5, 0.6) is 0 Å². The molecule has 3 rings (SSSR count). The minimum atomic E-state index is -0.604. The summed E-state index contributed by atoms with van der Waals surface area (Å²) in [5.41, 5.74) is 0.996. The zero-order valence-corrected chi connectivity index (χ0v) is 14.6. The van der Waals surface area contributed by atoms with Crippen molar-refractivity contribution in [3.63, 3.8) is 0 Å². The third-order valence-corrected chi connectivity index (χ3v) is 4.73. The summed E-state index contributed by atoms with van der Waals surface area (Å²) in [4.78, 5) is 24.8. The number of hydrogen-bond acceptors (Lipinski definition) is 5. The fourth-order valence-electron chi connectivity index (χ4n) is 3.34. The van der Waals surface area contributed by atoms with E-state index >= 15 is 0 Å². The molecule has 1 N–H and O–H groups in total. The number of ether oxygens (including phenoxy) is 3. The molecule has 0 radical (unpaired) electrons. The van der Waals surface area contributed by atoms with Gasteiger partial charge in [0.15, 0.2) is 12.1 Å². The second-order valence-corrected chi connectivity index (χ2v) is 6.91. The molecule has 2 heterocycles. The van der Waals surface area contributed by atoms with E-state index in [1.165, 1.54) is 0 Å². The van der Waals surface area contributed by atoms with Gasteiger partial charge in [0.25, 0.3) is 0 Å². The molecule has 1 aromatic rings. The summed E-state index contributed by atoms with van der Waals surface area (Å²) in [6, 6.07) is 9.04. The summed E-state index contributed by atoms with van der Waals surface area (Å²) in [6.45, 7) is 4.63. The molecule has 6 nitrogen and oxygen atoms in total. The summed E-state index contributed by atoms with van der Waals surface area (Å²) in [5, 5.41) is 2.75. The Morgan fingerprint density at radius 1 is 1.24 bits per heavy atom. The zero-order valence-electron chi connectivity index (χ0n) is 14.6. The van der Waals surface area contributed by atoms with Gasteiger partial charge in [-0.1, -0.05) is 44.2 Å². The third-order valence-electron chi connectivity index (χ3n) is 4.73. The monoisotopic (exact) mass is 347 g/mol. The zero-order chi connectivity index (χ0) is 17.8. The van der Waals surface area contributed by atoms with E-state index in [1.807, 2.05) is 44.2 Å². The molecule has 136 valence electrons. The first-order valence-corrected chi connectivity index (χ1v) is 8.82. The van der Waals surface area contributed by atoms with Gasteiger partial charge in [-0.15, -0.1) is 0 Å². The smallest absolute Gasteiger partial charge is 0.408 e. The molecular weight excluding hydrogens is 322 g/mol. The van der Waals surface area contributed by atoms with Gasteiger partial charge in [0.05, 0.1) is 25.2 Å². The number of rotatable bonds is 6. The van der Waals surface area contributed by atoms with Crippen LogP contribution in [0.2, 0.25) is 0 Å². The van der Waals surface area contributed by atoms with Gasteiger partial charge in [0, 0.05) is 5.92 Å². The first-order valence-electron chi connectivity index (χ1n) is 8.82. The number of Topliss-reactive ketones (excluding diaryl/α,β-unsaturated/α-hetero) is 1. The topological polar surface area (TPSA) is 73.9 Å². The fourth-order valence-corrected chi connectivity index (χ4v) is 3.34. The van der Waals surface area contributed by atoms with E-state index in [9.17, 15) is 9.59 Å². The number of alkyl carbamates (subject to hydrolysis) is 1. The lowest BCUT2D eigenvalue weighted by Crippen LogP contribution is -2.46. The second kappa shape index (κ2) is 7.97. The molecule has 6 heteroatoms. The normalized spacial score (nSPS) is 26.3. The van der Waals surface area contributed by atoms with Crippen LogP contribution in [0.1, 0.15) is 25.8 Å². The highest BCUT2D eigenvalue weighted by molar-refractivity contribution is 5.89. The minimum Gasteiger partial charge on any atom is -0.443 e. The molecule has 0 spiro atoms. The van der Waals surface area contributed by atoms with Crippen LogP contribution in [0.4, 0.5) is 4.79 Å². The standard InChI is InChI=1S/C19H25NO5/c1-12(2)17(21)15(10-13-6-4-3-5-7-13)20-19(22)25-16-11-24-18-14(16)8-9-23-18/h3-7,12,14-16,18H,8-11H2,1-2H3,(H,20,22)/t14-,15-,16-,18+/m0/s1. The van der Waals surface area contributed by atoms with Gasteiger partial charge in [-0.2, -0.15) is 0 Å². The van der Waals surface area contributed by atoms with Gasteiger partial charge in [-0.3, -0.25) is 4.79 Å². The Morgan fingerprint density at radius 2 is 2.00 bits per heavy atom. The molecule has 2 fully saturated rings. The highest BCUT2D eigenvalue weighted by Crippen LogP contribution is 2.32. The molecule has 25 heavy (non-hydrogen) atoms. The van der Waals surface area contributed by atoms with Crippen molar-refractivity contribution in [2.75, 3.05) is 13.2 Å². The average Bonchev–Trinajstić information content (AvgIpc) is 3.19. The Kier molecular flexibility index (Phi) is 5.71. The predicted octanol–water partition coefficient (Wildman–Crippen LogP) is 2.31. The Bertz CT molecular complexity index is 603.